The molecule has 4 nitrogen and oxygen atoms in total. The fourth-order valence-electron chi connectivity index (χ4n) is 1.28. The summed E-state index contributed by atoms with van der Waals surface area (Å²) in [6.45, 7) is 2.92. The van der Waals surface area contributed by atoms with Crippen LogP contribution in [0.15, 0.2) is 18.2 Å². The first kappa shape index (κ1) is 14.4. The summed E-state index contributed by atoms with van der Waals surface area (Å²) in [7, 11) is 0. The minimum absolute atomic E-state index is 0.131. The molecule has 0 aromatic heterocycles. The molecule has 18 heavy (non-hydrogen) atoms. The van der Waals surface area contributed by atoms with E-state index in [-0.39, 0.29) is 10.7 Å². The second-order valence-corrected chi connectivity index (χ2v) is 4.44. The number of aliphatic carboxylic acids is 1. The number of rotatable bonds is 4. The minimum Gasteiger partial charge on any atom is -0.481 e. The maximum Gasteiger partial charge on any atom is 0.307 e. The van der Waals surface area contributed by atoms with E-state index in [9.17, 15) is 14.0 Å². The molecule has 0 aliphatic rings. The molecular weight excluding hydrogens is 261 g/mol. The number of carboxylic acid groups (broad SMARTS) is 1. The van der Waals surface area contributed by atoms with Gasteiger partial charge in [0.15, 0.2) is 0 Å². The first-order chi connectivity index (χ1) is 8.32. The standard InChI is InChI=1S/C12H13ClFNO3/c1-6(7(2)12(17)18)11(16)15-10-5-8(14)3-4-9(10)13/h3-7H,1-2H3,(H,15,16)(H,17,18). The lowest BCUT2D eigenvalue weighted by Crippen LogP contribution is -2.30. The van der Waals surface area contributed by atoms with Crippen molar-refractivity contribution in [3.05, 3.63) is 29.0 Å². The van der Waals surface area contributed by atoms with Crippen molar-refractivity contribution in [2.45, 2.75) is 13.8 Å². The predicted molar refractivity (Wildman–Crippen MR) is 66.0 cm³/mol. The Labute approximate surface area is 109 Å². The summed E-state index contributed by atoms with van der Waals surface area (Å²) in [6.07, 6.45) is 0. The molecule has 0 radical (unpaired) electrons. The van der Waals surface area contributed by atoms with E-state index < -0.39 is 29.5 Å². The molecule has 2 atom stereocenters. The monoisotopic (exact) mass is 273 g/mol. The second-order valence-electron chi connectivity index (χ2n) is 4.03. The van der Waals surface area contributed by atoms with E-state index in [0.717, 1.165) is 6.07 Å². The van der Waals surface area contributed by atoms with Gasteiger partial charge in [-0.25, -0.2) is 4.39 Å². The number of benzene rings is 1. The van der Waals surface area contributed by atoms with Crippen LogP contribution in [0, 0.1) is 17.7 Å². The summed E-state index contributed by atoms with van der Waals surface area (Å²) in [4.78, 5) is 22.5. The maximum absolute atomic E-state index is 13.0. The van der Waals surface area contributed by atoms with Crippen molar-refractivity contribution >= 4 is 29.2 Å². The quantitative estimate of drug-likeness (QED) is 0.886. The third-order valence-electron chi connectivity index (χ3n) is 2.74. The molecule has 0 bridgehead atoms. The molecule has 0 fully saturated rings. The first-order valence-electron chi connectivity index (χ1n) is 5.31. The minimum atomic E-state index is -1.07. The highest BCUT2D eigenvalue weighted by molar-refractivity contribution is 6.33. The van der Waals surface area contributed by atoms with Crippen molar-refractivity contribution in [2.75, 3.05) is 5.32 Å². The van der Waals surface area contributed by atoms with Crippen LogP contribution in [0.3, 0.4) is 0 Å². The van der Waals surface area contributed by atoms with Gasteiger partial charge in [-0.2, -0.15) is 0 Å². The molecule has 0 spiro atoms. The van der Waals surface area contributed by atoms with Crippen LogP contribution in [0.2, 0.25) is 5.02 Å². The number of carbonyl (C=O) groups is 2. The molecule has 0 aliphatic heterocycles. The van der Waals surface area contributed by atoms with Gasteiger partial charge < -0.3 is 10.4 Å². The predicted octanol–water partition coefficient (Wildman–Crippen LogP) is 2.77. The zero-order chi connectivity index (χ0) is 13.9. The Balaban J connectivity index is 2.81. The van der Waals surface area contributed by atoms with Crippen molar-refractivity contribution in [3.63, 3.8) is 0 Å². The lowest BCUT2D eigenvalue weighted by Gasteiger charge is -2.16. The Hall–Kier alpha value is -1.62. The van der Waals surface area contributed by atoms with Crippen LogP contribution in [0.4, 0.5) is 10.1 Å². The second kappa shape index (κ2) is 5.82. The Kier molecular flexibility index (Phi) is 4.67. The van der Waals surface area contributed by atoms with Crippen LogP contribution in [-0.4, -0.2) is 17.0 Å². The molecule has 1 aromatic rings. The fourth-order valence-corrected chi connectivity index (χ4v) is 1.45. The van der Waals surface area contributed by atoms with Crippen molar-refractivity contribution in [2.24, 2.45) is 11.8 Å². The SMILES string of the molecule is CC(C(=O)O)C(C)C(=O)Nc1cc(F)ccc1Cl. The van der Waals surface area contributed by atoms with Gasteiger partial charge >= 0.3 is 5.97 Å². The largest absolute Gasteiger partial charge is 0.481 e. The molecule has 1 aromatic carbocycles. The van der Waals surface area contributed by atoms with Crippen molar-refractivity contribution < 1.29 is 19.1 Å². The summed E-state index contributed by atoms with van der Waals surface area (Å²) in [5.41, 5.74) is 0.131. The molecule has 98 valence electrons. The van der Waals surface area contributed by atoms with Gasteiger partial charge in [0.2, 0.25) is 5.91 Å². The molecule has 2 unspecified atom stereocenters. The van der Waals surface area contributed by atoms with Crippen LogP contribution in [0.5, 0.6) is 0 Å². The molecule has 6 heteroatoms. The summed E-state index contributed by atoms with van der Waals surface area (Å²) < 4.78 is 13.0. The van der Waals surface area contributed by atoms with Gasteiger partial charge in [0.25, 0.3) is 0 Å². The number of nitrogens with one attached hydrogen (secondary N) is 1. The van der Waals surface area contributed by atoms with E-state index in [0.29, 0.717) is 0 Å². The van der Waals surface area contributed by atoms with Crippen LogP contribution in [-0.2, 0) is 9.59 Å². The lowest BCUT2D eigenvalue weighted by atomic mass is 9.95. The normalized spacial score (nSPS) is 13.8. The van der Waals surface area contributed by atoms with Crippen LogP contribution >= 0.6 is 11.6 Å². The molecule has 0 heterocycles. The van der Waals surface area contributed by atoms with Gasteiger partial charge in [-0.15, -0.1) is 0 Å². The molecule has 2 N–H and O–H groups in total. The average Bonchev–Trinajstić information content (AvgIpc) is 2.31. The number of hydrogen-bond acceptors (Lipinski definition) is 2. The van der Waals surface area contributed by atoms with Crippen molar-refractivity contribution in [3.8, 4) is 0 Å². The van der Waals surface area contributed by atoms with Crippen molar-refractivity contribution in [1.82, 2.24) is 0 Å². The van der Waals surface area contributed by atoms with E-state index in [1.165, 1.54) is 26.0 Å². The van der Waals surface area contributed by atoms with E-state index in [1.54, 1.807) is 0 Å². The molecule has 1 rings (SSSR count). The number of carbonyl (C=O) groups excluding carboxylic acids is 1. The summed E-state index contributed by atoms with van der Waals surface area (Å²) in [5.74, 6) is -3.70. The number of hydrogen-bond donors (Lipinski definition) is 2. The highest BCUT2D eigenvalue weighted by Gasteiger charge is 2.26. The van der Waals surface area contributed by atoms with Gasteiger partial charge in [-0.3, -0.25) is 9.59 Å². The van der Waals surface area contributed by atoms with E-state index in [1.807, 2.05) is 0 Å². The third kappa shape index (κ3) is 3.43. The van der Waals surface area contributed by atoms with Gasteiger partial charge in [0.1, 0.15) is 5.82 Å². The first-order valence-corrected chi connectivity index (χ1v) is 5.69. The molecule has 0 saturated heterocycles. The molecular formula is C12H13ClFNO3. The topological polar surface area (TPSA) is 66.4 Å². The zero-order valence-electron chi connectivity index (χ0n) is 9.91. The van der Waals surface area contributed by atoms with Crippen LogP contribution in [0.1, 0.15) is 13.8 Å². The number of carboxylic acids is 1. The maximum atomic E-state index is 13.0. The van der Waals surface area contributed by atoms with Gasteiger partial charge in [-0.1, -0.05) is 25.4 Å². The summed E-state index contributed by atoms with van der Waals surface area (Å²) in [5, 5.41) is 11.4. The number of amides is 1. The number of anilines is 1. The average molecular weight is 274 g/mol. The van der Waals surface area contributed by atoms with Gasteiger partial charge in [-0.05, 0) is 18.2 Å². The summed E-state index contributed by atoms with van der Waals surface area (Å²) in [6, 6.07) is 3.57. The van der Waals surface area contributed by atoms with E-state index in [2.05, 4.69) is 5.32 Å². The Morgan fingerprint density at radius 2 is 1.94 bits per heavy atom. The van der Waals surface area contributed by atoms with E-state index >= 15 is 0 Å². The van der Waals surface area contributed by atoms with Gasteiger partial charge in [0.05, 0.1) is 16.6 Å². The number of halogens is 2. The van der Waals surface area contributed by atoms with Crippen molar-refractivity contribution in [1.29, 1.82) is 0 Å². The Morgan fingerprint density at radius 1 is 1.33 bits per heavy atom. The fraction of sp³-hybridized carbons (Fsp3) is 0.333. The van der Waals surface area contributed by atoms with Crippen LogP contribution in [0.25, 0.3) is 0 Å². The Bertz CT molecular complexity index is 478. The third-order valence-corrected chi connectivity index (χ3v) is 3.07. The van der Waals surface area contributed by atoms with Crippen LogP contribution < -0.4 is 5.32 Å². The van der Waals surface area contributed by atoms with Gasteiger partial charge in [0, 0.05) is 5.92 Å². The zero-order valence-corrected chi connectivity index (χ0v) is 10.7. The lowest BCUT2D eigenvalue weighted by molar-refractivity contribution is -0.145. The highest BCUT2D eigenvalue weighted by atomic mass is 35.5. The Morgan fingerprint density at radius 3 is 2.50 bits per heavy atom. The highest BCUT2D eigenvalue weighted by Crippen LogP contribution is 2.24. The molecule has 1 amide bonds. The molecule has 0 saturated carbocycles. The van der Waals surface area contributed by atoms with E-state index in [4.69, 9.17) is 16.7 Å². The smallest absolute Gasteiger partial charge is 0.307 e. The molecule has 0 aliphatic carbocycles. The summed E-state index contributed by atoms with van der Waals surface area (Å²) >= 11 is 5.79.